The van der Waals surface area contributed by atoms with E-state index in [4.69, 9.17) is 0 Å². The van der Waals surface area contributed by atoms with Crippen molar-refractivity contribution in [1.29, 1.82) is 0 Å². The second kappa shape index (κ2) is 6.10. The molecule has 0 bridgehead atoms. The van der Waals surface area contributed by atoms with Crippen LogP contribution < -0.4 is 5.32 Å². The Morgan fingerprint density at radius 3 is 2.57 bits per heavy atom. The van der Waals surface area contributed by atoms with Crippen molar-refractivity contribution in [3.8, 4) is 0 Å². The lowest BCUT2D eigenvalue weighted by Gasteiger charge is -2.38. The van der Waals surface area contributed by atoms with Crippen molar-refractivity contribution in [3.63, 3.8) is 0 Å². The normalized spacial score (nSPS) is 31.7. The molecule has 0 radical (unpaired) electrons. The van der Waals surface area contributed by atoms with E-state index in [2.05, 4.69) is 43.4 Å². The average molecular weight is 287 g/mol. The highest BCUT2D eigenvalue weighted by Crippen LogP contribution is 2.41. The van der Waals surface area contributed by atoms with E-state index in [1.165, 1.54) is 36.8 Å². The second-order valence-corrected chi connectivity index (χ2v) is 7.65. The fourth-order valence-corrected chi connectivity index (χ4v) is 4.08. The van der Waals surface area contributed by atoms with E-state index in [-0.39, 0.29) is 6.10 Å². The lowest BCUT2D eigenvalue weighted by Crippen LogP contribution is -2.35. The van der Waals surface area contributed by atoms with Gasteiger partial charge in [-0.1, -0.05) is 38.1 Å². The van der Waals surface area contributed by atoms with Crippen LogP contribution in [-0.4, -0.2) is 17.8 Å². The molecule has 21 heavy (non-hydrogen) atoms. The fourth-order valence-electron chi connectivity index (χ4n) is 4.08. The van der Waals surface area contributed by atoms with E-state index >= 15 is 0 Å². The zero-order chi connectivity index (χ0) is 14.9. The molecule has 2 nitrogen and oxygen atoms in total. The molecule has 0 saturated heterocycles. The first-order valence-corrected chi connectivity index (χ1v) is 8.57. The van der Waals surface area contributed by atoms with Crippen LogP contribution in [0.3, 0.4) is 0 Å². The summed E-state index contributed by atoms with van der Waals surface area (Å²) in [7, 11) is 0. The Morgan fingerprint density at radius 1 is 1.10 bits per heavy atom. The Bertz CT molecular complexity index is 474. The summed E-state index contributed by atoms with van der Waals surface area (Å²) in [6.07, 6.45) is 6.77. The van der Waals surface area contributed by atoms with Crippen LogP contribution in [0.5, 0.6) is 0 Å². The highest BCUT2D eigenvalue weighted by atomic mass is 16.3. The van der Waals surface area contributed by atoms with E-state index < -0.39 is 0 Å². The molecule has 1 fully saturated rings. The third-order valence-electron chi connectivity index (χ3n) is 5.59. The SMILES string of the molecule is CC1(C)CCC(NCC2CCC(O)CC2)c2ccccc21. The molecular weight excluding hydrogens is 258 g/mol. The van der Waals surface area contributed by atoms with Gasteiger partial charge in [0.2, 0.25) is 0 Å². The molecule has 116 valence electrons. The van der Waals surface area contributed by atoms with Crippen LogP contribution in [0.1, 0.15) is 69.5 Å². The van der Waals surface area contributed by atoms with E-state index in [9.17, 15) is 5.11 Å². The number of nitrogens with one attached hydrogen (secondary N) is 1. The maximum Gasteiger partial charge on any atom is 0.0540 e. The van der Waals surface area contributed by atoms with Gasteiger partial charge in [0, 0.05) is 6.04 Å². The van der Waals surface area contributed by atoms with E-state index in [1.54, 1.807) is 0 Å². The Labute approximate surface area is 129 Å². The Balaban J connectivity index is 1.64. The summed E-state index contributed by atoms with van der Waals surface area (Å²) < 4.78 is 0. The minimum Gasteiger partial charge on any atom is -0.393 e. The molecule has 0 aromatic heterocycles. The van der Waals surface area contributed by atoms with Gasteiger partial charge in [-0.2, -0.15) is 0 Å². The average Bonchev–Trinajstić information content (AvgIpc) is 2.48. The number of benzene rings is 1. The van der Waals surface area contributed by atoms with Crippen LogP contribution in [0.25, 0.3) is 0 Å². The first kappa shape index (κ1) is 15.1. The molecule has 2 aliphatic carbocycles. The van der Waals surface area contributed by atoms with Crippen LogP contribution in [0.15, 0.2) is 24.3 Å². The van der Waals surface area contributed by atoms with E-state index in [0.29, 0.717) is 11.5 Å². The lowest BCUT2D eigenvalue weighted by molar-refractivity contribution is 0.107. The van der Waals surface area contributed by atoms with Gasteiger partial charge in [-0.05, 0) is 67.5 Å². The van der Waals surface area contributed by atoms with Crippen LogP contribution in [0, 0.1) is 5.92 Å². The number of aliphatic hydroxyl groups excluding tert-OH is 1. The molecule has 1 unspecified atom stereocenters. The molecule has 1 saturated carbocycles. The molecule has 0 aliphatic heterocycles. The number of rotatable bonds is 3. The first-order chi connectivity index (χ1) is 10.1. The van der Waals surface area contributed by atoms with Crippen LogP contribution in [-0.2, 0) is 5.41 Å². The largest absolute Gasteiger partial charge is 0.393 e. The summed E-state index contributed by atoms with van der Waals surface area (Å²) in [5, 5.41) is 13.4. The third-order valence-corrected chi connectivity index (χ3v) is 5.59. The van der Waals surface area contributed by atoms with Crippen LogP contribution in [0.4, 0.5) is 0 Å². The van der Waals surface area contributed by atoms with E-state index in [0.717, 1.165) is 25.3 Å². The summed E-state index contributed by atoms with van der Waals surface area (Å²) >= 11 is 0. The predicted molar refractivity (Wildman–Crippen MR) is 87.4 cm³/mol. The van der Waals surface area contributed by atoms with Crippen molar-refractivity contribution in [2.75, 3.05) is 6.54 Å². The smallest absolute Gasteiger partial charge is 0.0540 e. The van der Waals surface area contributed by atoms with Crippen molar-refractivity contribution < 1.29 is 5.11 Å². The highest BCUT2D eigenvalue weighted by Gasteiger charge is 2.32. The molecule has 1 aromatic rings. The molecule has 1 aromatic carbocycles. The number of fused-ring (bicyclic) bond motifs is 1. The lowest BCUT2D eigenvalue weighted by atomic mass is 9.71. The molecule has 2 heteroatoms. The number of hydrogen-bond acceptors (Lipinski definition) is 2. The van der Waals surface area contributed by atoms with Gasteiger partial charge in [0.1, 0.15) is 0 Å². The predicted octanol–water partition coefficient (Wildman–Crippen LogP) is 3.94. The van der Waals surface area contributed by atoms with Gasteiger partial charge in [0.15, 0.2) is 0 Å². The Kier molecular flexibility index (Phi) is 4.37. The van der Waals surface area contributed by atoms with Crippen LogP contribution in [0.2, 0.25) is 0 Å². The monoisotopic (exact) mass is 287 g/mol. The molecule has 2 aliphatic rings. The number of aliphatic hydroxyl groups is 1. The third kappa shape index (κ3) is 3.32. The van der Waals surface area contributed by atoms with Crippen molar-refractivity contribution in [2.24, 2.45) is 5.92 Å². The molecule has 0 heterocycles. The van der Waals surface area contributed by atoms with Gasteiger partial charge >= 0.3 is 0 Å². The van der Waals surface area contributed by atoms with Gasteiger partial charge in [0.05, 0.1) is 6.10 Å². The zero-order valence-corrected chi connectivity index (χ0v) is 13.4. The molecule has 1 atom stereocenters. The standard InChI is InChI=1S/C19H29NO/c1-19(2)12-11-18(16-5-3-4-6-17(16)19)20-13-14-7-9-15(21)10-8-14/h3-6,14-15,18,20-21H,7-13H2,1-2H3. The Hall–Kier alpha value is -0.860. The summed E-state index contributed by atoms with van der Waals surface area (Å²) in [5.41, 5.74) is 3.33. The van der Waals surface area contributed by atoms with Gasteiger partial charge in [0.25, 0.3) is 0 Å². The quantitative estimate of drug-likeness (QED) is 0.882. The summed E-state index contributed by atoms with van der Waals surface area (Å²) in [5.74, 6) is 0.746. The van der Waals surface area contributed by atoms with Gasteiger partial charge in [-0.15, -0.1) is 0 Å². The minimum absolute atomic E-state index is 0.0440. The van der Waals surface area contributed by atoms with Crippen molar-refractivity contribution in [2.45, 2.75) is 69.9 Å². The summed E-state index contributed by atoms with van der Waals surface area (Å²) in [6.45, 7) is 5.83. The summed E-state index contributed by atoms with van der Waals surface area (Å²) in [4.78, 5) is 0. The van der Waals surface area contributed by atoms with Crippen molar-refractivity contribution in [3.05, 3.63) is 35.4 Å². The fraction of sp³-hybridized carbons (Fsp3) is 0.684. The molecule has 2 N–H and O–H groups in total. The second-order valence-electron chi connectivity index (χ2n) is 7.65. The molecule has 0 amide bonds. The van der Waals surface area contributed by atoms with Crippen molar-refractivity contribution >= 4 is 0 Å². The molecular formula is C19H29NO. The van der Waals surface area contributed by atoms with E-state index in [1.807, 2.05) is 0 Å². The van der Waals surface area contributed by atoms with Gasteiger partial charge < -0.3 is 10.4 Å². The maximum absolute atomic E-state index is 9.61. The highest BCUT2D eigenvalue weighted by molar-refractivity contribution is 5.38. The van der Waals surface area contributed by atoms with Crippen LogP contribution >= 0.6 is 0 Å². The zero-order valence-electron chi connectivity index (χ0n) is 13.4. The molecule has 3 rings (SSSR count). The number of hydrogen-bond donors (Lipinski definition) is 2. The van der Waals surface area contributed by atoms with Gasteiger partial charge in [-0.3, -0.25) is 0 Å². The first-order valence-electron chi connectivity index (χ1n) is 8.57. The molecule has 0 spiro atoms. The Morgan fingerprint density at radius 2 is 1.81 bits per heavy atom. The topological polar surface area (TPSA) is 32.3 Å². The van der Waals surface area contributed by atoms with Crippen molar-refractivity contribution in [1.82, 2.24) is 5.32 Å². The van der Waals surface area contributed by atoms with Gasteiger partial charge in [-0.25, -0.2) is 0 Å². The maximum atomic E-state index is 9.61. The minimum atomic E-state index is -0.0440. The summed E-state index contributed by atoms with van der Waals surface area (Å²) in [6, 6.07) is 9.47.